The number of aromatic nitrogens is 2. The number of nitrogens with zero attached hydrogens (tertiary/aromatic N) is 3. The summed E-state index contributed by atoms with van der Waals surface area (Å²) in [5, 5.41) is 0.255. The largest absolute Gasteiger partial charge is 0.350 e. The Hall–Kier alpha value is -0.660. The number of ether oxygens (including phenoxy) is 2. The predicted molar refractivity (Wildman–Crippen MR) is 83.4 cm³/mol. The van der Waals surface area contributed by atoms with Gasteiger partial charge in [-0.1, -0.05) is 0 Å². The van der Waals surface area contributed by atoms with Crippen LogP contribution in [0.1, 0.15) is 11.3 Å². The van der Waals surface area contributed by atoms with E-state index in [4.69, 9.17) is 32.7 Å². The average molecular weight is 346 g/mol. The second kappa shape index (κ2) is 5.21. The fraction of sp³-hybridized carbons (Fsp3) is 0.538. The van der Waals surface area contributed by atoms with Crippen molar-refractivity contribution in [3.8, 4) is 0 Å². The highest BCUT2D eigenvalue weighted by Crippen LogP contribution is 2.38. The Morgan fingerprint density at radius 2 is 2.14 bits per heavy atom. The molecular weight excluding hydrogens is 333 g/mol. The van der Waals surface area contributed by atoms with E-state index >= 15 is 0 Å². The van der Waals surface area contributed by atoms with Gasteiger partial charge in [0.25, 0.3) is 0 Å². The van der Waals surface area contributed by atoms with Crippen LogP contribution in [-0.2, 0) is 15.4 Å². The number of hydrogen-bond donors (Lipinski definition) is 0. The summed E-state index contributed by atoms with van der Waals surface area (Å²) in [4.78, 5) is 11.9. The molecule has 0 bridgehead atoms. The molecule has 2 saturated heterocycles. The van der Waals surface area contributed by atoms with Crippen molar-refractivity contribution >= 4 is 50.6 Å². The molecule has 4 rings (SSSR count). The third-order valence-corrected chi connectivity index (χ3v) is 5.55. The van der Waals surface area contributed by atoms with Crippen molar-refractivity contribution in [2.75, 3.05) is 31.2 Å². The van der Waals surface area contributed by atoms with Crippen molar-refractivity contribution in [2.45, 2.75) is 18.1 Å². The maximum Gasteiger partial charge on any atom is 0.224 e. The van der Waals surface area contributed by atoms with Gasteiger partial charge >= 0.3 is 0 Å². The first-order chi connectivity index (χ1) is 10.2. The number of alkyl halides is 1. The monoisotopic (exact) mass is 345 g/mol. The van der Waals surface area contributed by atoms with E-state index in [0.29, 0.717) is 25.6 Å². The summed E-state index contributed by atoms with van der Waals surface area (Å²) in [7, 11) is 0. The Morgan fingerprint density at radius 1 is 1.33 bits per heavy atom. The molecule has 0 aromatic carbocycles. The van der Waals surface area contributed by atoms with Gasteiger partial charge in [-0.25, -0.2) is 4.98 Å². The van der Waals surface area contributed by atoms with Gasteiger partial charge in [0.2, 0.25) is 5.28 Å². The zero-order valence-corrected chi connectivity index (χ0v) is 13.5. The van der Waals surface area contributed by atoms with Crippen LogP contribution in [0.15, 0.2) is 6.07 Å². The molecule has 112 valence electrons. The van der Waals surface area contributed by atoms with Crippen LogP contribution >= 0.6 is 34.5 Å². The maximum absolute atomic E-state index is 6.07. The topological polar surface area (TPSA) is 47.5 Å². The molecule has 0 saturated carbocycles. The molecule has 2 aliphatic rings. The third kappa shape index (κ3) is 2.39. The summed E-state index contributed by atoms with van der Waals surface area (Å²) < 4.78 is 12.5. The van der Waals surface area contributed by atoms with Gasteiger partial charge in [-0.05, 0) is 17.7 Å². The second-order valence-corrected chi connectivity index (χ2v) is 6.90. The summed E-state index contributed by atoms with van der Waals surface area (Å²) in [5.74, 6) is 0.840. The van der Waals surface area contributed by atoms with E-state index in [-0.39, 0.29) is 5.28 Å². The lowest BCUT2D eigenvalue weighted by Gasteiger charge is -2.23. The molecule has 0 aliphatic carbocycles. The lowest BCUT2D eigenvalue weighted by Crippen LogP contribution is -2.34. The molecule has 0 N–H and O–H groups in total. The Balaban J connectivity index is 1.74. The molecule has 0 unspecified atom stereocenters. The van der Waals surface area contributed by atoms with Crippen LogP contribution < -0.4 is 4.90 Å². The van der Waals surface area contributed by atoms with Crippen LogP contribution in [0.3, 0.4) is 0 Å². The molecular formula is C13H13Cl2N3O2S. The Labute approximate surface area is 135 Å². The first-order valence-corrected chi connectivity index (χ1v) is 8.47. The number of rotatable bonds is 2. The van der Waals surface area contributed by atoms with Gasteiger partial charge in [0.1, 0.15) is 0 Å². The smallest absolute Gasteiger partial charge is 0.224 e. The van der Waals surface area contributed by atoms with E-state index in [1.54, 1.807) is 11.3 Å². The van der Waals surface area contributed by atoms with Crippen LogP contribution in [0, 0.1) is 0 Å². The van der Waals surface area contributed by atoms with E-state index in [1.807, 2.05) is 6.07 Å². The molecule has 0 atom stereocenters. The normalized spacial score (nSPS) is 21.0. The number of anilines is 1. The molecule has 0 amide bonds. The molecule has 5 nitrogen and oxygen atoms in total. The third-order valence-electron chi connectivity index (χ3n) is 3.82. The number of hydrogen-bond acceptors (Lipinski definition) is 6. The van der Waals surface area contributed by atoms with Crippen LogP contribution in [0.5, 0.6) is 0 Å². The van der Waals surface area contributed by atoms with Crippen molar-refractivity contribution in [1.82, 2.24) is 9.97 Å². The van der Waals surface area contributed by atoms with Crippen LogP contribution in [-0.4, -0.2) is 42.1 Å². The van der Waals surface area contributed by atoms with Crippen LogP contribution in [0.25, 0.3) is 10.2 Å². The molecule has 1 spiro atoms. The zero-order chi connectivity index (χ0) is 14.4. The summed E-state index contributed by atoms with van der Waals surface area (Å²) in [6.07, 6.45) is 0.837. The number of thiophene rings is 1. The Bertz CT molecular complexity index is 687. The van der Waals surface area contributed by atoms with E-state index in [9.17, 15) is 0 Å². The fourth-order valence-corrected chi connectivity index (χ4v) is 4.26. The van der Waals surface area contributed by atoms with Crippen molar-refractivity contribution < 1.29 is 9.47 Å². The molecule has 2 aliphatic heterocycles. The second-order valence-electron chi connectivity index (χ2n) is 5.16. The minimum absolute atomic E-state index is 0.255. The van der Waals surface area contributed by atoms with Gasteiger partial charge in [-0.2, -0.15) is 4.98 Å². The molecule has 0 radical (unpaired) electrons. The highest BCUT2D eigenvalue weighted by atomic mass is 35.5. The van der Waals surface area contributed by atoms with Crippen molar-refractivity contribution in [3.05, 3.63) is 16.2 Å². The summed E-state index contributed by atoms with van der Waals surface area (Å²) in [6.45, 7) is 2.81. The van der Waals surface area contributed by atoms with E-state index < -0.39 is 5.79 Å². The first kappa shape index (κ1) is 14.0. The Kier molecular flexibility index (Phi) is 3.46. The van der Waals surface area contributed by atoms with Crippen LogP contribution in [0.4, 0.5) is 5.82 Å². The van der Waals surface area contributed by atoms with Gasteiger partial charge < -0.3 is 14.4 Å². The lowest BCUT2D eigenvalue weighted by molar-refractivity contribution is -0.137. The van der Waals surface area contributed by atoms with Gasteiger partial charge in [0, 0.05) is 17.8 Å². The molecule has 4 heterocycles. The van der Waals surface area contributed by atoms with E-state index in [0.717, 1.165) is 33.9 Å². The molecule has 21 heavy (non-hydrogen) atoms. The van der Waals surface area contributed by atoms with Gasteiger partial charge in [-0.15, -0.1) is 22.9 Å². The number of halogens is 2. The number of fused-ring (bicyclic) bond motifs is 1. The van der Waals surface area contributed by atoms with Crippen molar-refractivity contribution in [3.63, 3.8) is 0 Å². The standard InChI is InChI=1S/C13H13Cl2N3O2S/c14-6-8-5-9-10(21-8)11(17-12(15)16-9)18-2-1-13(7-18)19-3-4-20-13/h5H,1-4,6-7H2. The highest BCUT2D eigenvalue weighted by molar-refractivity contribution is 7.19. The van der Waals surface area contributed by atoms with E-state index in [2.05, 4.69) is 14.9 Å². The lowest BCUT2D eigenvalue weighted by atomic mass is 10.2. The van der Waals surface area contributed by atoms with Gasteiger partial charge in [0.05, 0.1) is 35.9 Å². The van der Waals surface area contributed by atoms with Gasteiger partial charge in [0.15, 0.2) is 11.6 Å². The minimum atomic E-state index is -0.476. The quantitative estimate of drug-likeness (QED) is 0.618. The average Bonchev–Trinajstić information content (AvgIpc) is 3.19. The molecule has 2 aromatic heterocycles. The first-order valence-electron chi connectivity index (χ1n) is 6.74. The van der Waals surface area contributed by atoms with Crippen molar-refractivity contribution in [1.29, 1.82) is 0 Å². The maximum atomic E-state index is 6.07. The predicted octanol–water partition coefficient (Wildman–Crippen LogP) is 3.04. The van der Waals surface area contributed by atoms with Crippen molar-refractivity contribution in [2.24, 2.45) is 0 Å². The molecule has 2 aromatic rings. The zero-order valence-electron chi connectivity index (χ0n) is 11.1. The summed E-state index contributed by atoms with van der Waals surface area (Å²) in [5.41, 5.74) is 0.847. The molecule has 2 fully saturated rings. The minimum Gasteiger partial charge on any atom is -0.350 e. The van der Waals surface area contributed by atoms with Crippen LogP contribution in [0.2, 0.25) is 5.28 Å². The Morgan fingerprint density at radius 3 is 2.90 bits per heavy atom. The molecule has 8 heteroatoms. The highest BCUT2D eigenvalue weighted by Gasteiger charge is 2.44. The SMILES string of the molecule is ClCc1cc2nc(Cl)nc(N3CCC4(C3)OCCO4)c2s1. The van der Waals surface area contributed by atoms with E-state index in [1.165, 1.54) is 0 Å². The summed E-state index contributed by atoms with van der Waals surface area (Å²) in [6, 6.07) is 1.97. The van der Waals surface area contributed by atoms with Gasteiger partial charge in [-0.3, -0.25) is 0 Å². The fourth-order valence-electron chi connectivity index (χ4n) is 2.88. The summed E-state index contributed by atoms with van der Waals surface area (Å²) >= 11 is 13.6.